The van der Waals surface area contributed by atoms with Gasteiger partial charge in [0.05, 0.1) is 0 Å². The summed E-state index contributed by atoms with van der Waals surface area (Å²) in [6.07, 6.45) is 5.70. The molecule has 0 N–H and O–H groups in total. The van der Waals surface area contributed by atoms with Crippen molar-refractivity contribution in [2.45, 2.75) is 0 Å². The van der Waals surface area contributed by atoms with Gasteiger partial charge in [0.15, 0.2) is 6.26 Å². The molecule has 1 aromatic heterocycles. The first-order valence-corrected chi connectivity index (χ1v) is 6.03. The zero-order chi connectivity index (χ0) is 12.9. The van der Waals surface area contributed by atoms with Gasteiger partial charge >= 0.3 is 0 Å². The molecule has 3 heteroatoms. The second-order valence-corrected chi connectivity index (χ2v) is 4.12. The summed E-state index contributed by atoms with van der Waals surface area (Å²) in [5.41, 5.74) is 4.00. The molecule has 1 heterocycles. The molecule has 0 saturated heterocycles. The average Bonchev–Trinajstić information content (AvgIpc) is 3.01. The van der Waals surface area contributed by atoms with Gasteiger partial charge in [0.2, 0.25) is 0 Å². The van der Waals surface area contributed by atoms with E-state index in [0.717, 1.165) is 22.4 Å². The number of aromatic nitrogens is 2. The van der Waals surface area contributed by atoms with Crippen LogP contribution in [0.2, 0.25) is 0 Å². The third-order valence-corrected chi connectivity index (χ3v) is 2.85. The van der Waals surface area contributed by atoms with Crippen molar-refractivity contribution in [1.82, 2.24) is 10.4 Å². The molecule has 0 aliphatic carbocycles. The Morgan fingerprint density at radius 1 is 0.842 bits per heavy atom. The van der Waals surface area contributed by atoms with Gasteiger partial charge in [-0.25, -0.2) is 0 Å². The maximum Gasteiger partial charge on any atom is 0.152 e. The van der Waals surface area contributed by atoms with Crippen LogP contribution in [-0.4, -0.2) is 10.4 Å². The predicted molar refractivity (Wildman–Crippen MR) is 75.1 cm³/mol. The third kappa shape index (κ3) is 2.60. The summed E-state index contributed by atoms with van der Waals surface area (Å²) >= 11 is 0. The molecule has 0 saturated carbocycles. The molecular weight excluding hydrogens is 236 g/mol. The Balaban J connectivity index is 1.96. The number of hydrogen-bond acceptors (Lipinski definition) is 3. The first-order chi connectivity index (χ1) is 9.43. The average molecular weight is 248 g/mol. The van der Waals surface area contributed by atoms with E-state index in [4.69, 9.17) is 4.52 Å². The van der Waals surface area contributed by atoms with E-state index >= 15 is 0 Å². The zero-order valence-electron chi connectivity index (χ0n) is 10.2. The highest BCUT2D eigenvalue weighted by molar-refractivity contribution is 5.79. The minimum atomic E-state index is 0.744. The van der Waals surface area contributed by atoms with Crippen molar-refractivity contribution in [2.75, 3.05) is 0 Å². The van der Waals surface area contributed by atoms with Crippen LogP contribution >= 0.6 is 0 Å². The summed E-state index contributed by atoms with van der Waals surface area (Å²) < 4.78 is 4.80. The Bertz CT molecular complexity index is 673. The lowest BCUT2D eigenvalue weighted by Crippen LogP contribution is -1.83. The number of benzene rings is 2. The Morgan fingerprint density at radius 2 is 1.63 bits per heavy atom. The topological polar surface area (TPSA) is 38.9 Å². The molecule has 3 aromatic rings. The van der Waals surface area contributed by atoms with Crippen LogP contribution in [0.3, 0.4) is 0 Å². The van der Waals surface area contributed by atoms with Crippen LogP contribution in [0.4, 0.5) is 0 Å². The zero-order valence-corrected chi connectivity index (χ0v) is 10.2. The summed E-state index contributed by atoms with van der Waals surface area (Å²) in [5, 5.41) is 7.46. The molecule has 3 rings (SSSR count). The van der Waals surface area contributed by atoms with E-state index in [1.54, 1.807) is 6.26 Å². The molecule has 0 unspecified atom stereocenters. The fourth-order valence-electron chi connectivity index (χ4n) is 1.91. The fourth-order valence-corrected chi connectivity index (χ4v) is 1.91. The van der Waals surface area contributed by atoms with Crippen molar-refractivity contribution in [3.63, 3.8) is 0 Å². The first-order valence-electron chi connectivity index (χ1n) is 6.03. The van der Waals surface area contributed by atoms with Crippen LogP contribution < -0.4 is 0 Å². The van der Waals surface area contributed by atoms with Crippen molar-refractivity contribution in [3.8, 4) is 11.3 Å². The molecule has 92 valence electrons. The highest BCUT2D eigenvalue weighted by atomic mass is 16.5. The molecule has 0 aliphatic heterocycles. The molecular formula is C16H12N2O. The molecule has 19 heavy (non-hydrogen) atoms. The highest BCUT2D eigenvalue weighted by Crippen LogP contribution is 2.23. The molecule has 0 fully saturated rings. The number of rotatable bonds is 3. The van der Waals surface area contributed by atoms with Crippen LogP contribution in [-0.2, 0) is 0 Å². The Morgan fingerprint density at radius 3 is 2.42 bits per heavy atom. The van der Waals surface area contributed by atoms with Gasteiger partial charge in [0.25, 0.3) is 0 Å². The SMILES string of the molecule is C(=Cc1ccccc1-c1conn1)c1ccccc1. The number of hydrogen-bond donors (Lipinski definition) is 0. The van der Waals surface area contributed by atoms with Crippen molar-refractivity contribution in [3.05, 3.63) is 72.0 Å². The maximum absolute atomic E-state index is 4.80. The Hall–Kier alpha value is -2.68. The van der Waals surface area contributed by atoms with E-state index in [0.29, 0.717) is 0 Å². The van der Waals surface area contributed by atoms with Gasteiger partial charge in [-0.1, -0.05) is 66.7 Å². The molecule has 0 aliphatic rings. The fraction of sp³-hybridized carbons (Fsp3) is 0. The normalized spacial score (nSPS) is 10.9. The standard InChI is InChI=1S/C16H12N2O/c1-2-6-13(7-3-1)10-11-14-8-4-5-9-15(14)16-12-19-18-17-16/h1-12H. The van der Waals surface area contributed by atoms with E-state index in [1.807, 2.05) is 42.5 Å². The van der Waals surface area contributed by atoms with Gasteiger partial charge in [0, 0.05) is 10.8 Å². The van der Waals surface area contributed by atoms with Gasteiger partial charge in [-0.3, -0.25) is 0 Å². The lowest BCUT2D eigenvalue weighted by atomic mass is 10.0. The van der Waals surface area contributed by atoms with Crippen LogP contribution in [0.1, 0.15) is 11.1 Å². The minimum Gasteiger partial charge on any atom is -0.345 e. The molecule has 0 amide bonds. The van der Waals surface area contributed by atoms with Gasteiger partial charge in [-0.2, -0.15) is 0 Å². The van der Waals surface area contributed by atoms with Crippen LogP contribution in [0, 0.1) is 0 Å². The highest BCUT2D eigenvalue weighted by Gasteiger charge is 2.05. The smallest absolute Gasteiger partial charge is 0.152 e. The minimum absolute atomic E-state index is 0.744. The van der Waals surface area contributed by atoms with E-state index in [2.05, 4.69) is 34.7 Å². The summed E-state index contributed by atoms with van der Waals surface area (Å²) in [7, 11) is 0. The van der Waals surface area contributed by atoms with Crippen LogP contribution in [0.15, 0.2) is 65.4 Å². The monoisotopic (exact) mass is 248 g/mol. The summed E-state index contributed by atoms with van der Waals surface area (Å²) in [6.45, 7) is 0. The van der Waals surface area contributed by atoms with Gasteiger partial charge in [0.1, 0.15) is 5.69 Å². The van der Waals surface area contributed by atoms with E-state index in [1.165, 1.54) is 0 Å². The largest absolute Gasteiger partial charge is 0.345 e. The maximum atomic E-state index is 4.80. The van der Waals surface area contributed by atoms with E-state index in [-0.39, 0.29) is 0 Å². The van der Waals surface area contributed by atoms with Gasteiger partial charge in [-0.05, 0) is 11.1 Å². The van der Waals surface area contributed by atoms with E-state index in [9.17, 15) is 0 Å². The Kier molecular flexibility index (Phi) is 3.19. The molecule has 2 aromatic carbocycles. The summed E-state index contributed by atoms with van der Waals surface area (Å²) in [5.74, 6) is 0. The van der Waals surface area contributed by atoms with Crippen molar-refractivity contribution in [2.24, 2.45) is 0 Å². The van der Waals surface area contributed by atoms with Gasteiger partial charge < -0.3 is 4.52 Å². The quantitative estimate of drug-likeness (QED) is 0.660. The summed E-state index contributed by atoms with van der Waals surface area (Å²) in [4.78, 5) is 0. The van der Waals surface area contributed by atoms with Crippen LogP contribution in [0.25, 0.3) is 23.4 Å². The second-order valence-electron chi connectivity index (χ2n) is 4.12. The third-order valence-electron chi connectivity index (χ3n) is 2.85. The lowest BCUT2D eigenvalue weighted by molar-refractivity contribution is 0.393. The second kappa shape index (κ2) is 5.31. The van der Waals surface area contributed by atoms with E-state index < -0.39 is 0 Å². The molecule has 3 nitrogen and oxygen atoms in total. The Labute approximate surface area is 111 Å². The van der Waals surface area contributed by atoms with Crippen molar-refractivity contribution < 1.29 is 4.52 Å². The first kappa shape index (κ1) is 11.4. The van der Waals surface area contributed by atoms with Gasteiger partial charge in [-0.15, -0.1) is 5.10 Å². The lowest BCUT2D eigenvalue weighted by Gasteiger charge is -2.01. The van der Waals surface area contributed by atoms with Crippen molar-refractivity contribution >= 4 is 12.2 Å². The molecule has 0 radical (unpaired) electrons. The summed E-state index contributed by atoms with van der Waals surface area (Å²) in [6, 6.07) is 18.2. The molecule has 0 spiro atoms. The van der Waals surface area contributed by atoms with Crippen LogP contribution in [0.5, 0.6) is 0 Å². The molecule has 0 bridgehead atoms. The predicted octanol–water partition coefficient (Wildman–Crippen LogP) is 3.91. The van der Waals surface area contributed by atoms with Crippen molar-refractivity contribution in [1.29, 1.82) is 0 Å². The molecule has 0 atom stereocenters. The number of nitrogens with zero attached hydrogens (tertiary/aromatic N) is 2.